The van der Waals surface area contributed by atoms with Crippen molar-refractivity contribution >= 4 is 12.1 Å². The lowest BCUT2D eigenvalue weighted by molar-refractivity contribution is -0.157. The van der Waals surface area contributed by atoms with Crippen molar-refractivity contribution in [1.29, 1.82) is 0 Å². The summed E-state index contributed by atoms with van der Waals surface area (Å²) in [6.45, 7) is 5.51. The molecule has 1 saturated heterocycles. The summed E-state index contributed by atoms with van der Waals surface area (Å²) < 4.78 is 34.7. The summed E-state index contributed by atoms with van der Waals surface area (Å²) in [6, 6.07) is 29.1. The molecule has 0 unspecified atom stereocenters. The second-order valence-corrected chi connectivity index (χ2v) is 12.9. The highest BCUT2D eigenvalue weighted by atomic mass is 16.6. The number of amides is 1. The number of benzene rings is 4. The number of esters is 1. The van der Waals surface area contributed by atoms with E-state index in [-0.39, 0.29) is 12.5 Å². The maximum absolute atomic E-state index is 14.1. The topological polar surface area (TPSA) is 92.8 Å². The standard InChI is InChI=1S/C43H47NO8/c1-4-24-49-25-26-50-32-13-11-12-31(28-32)39(21-19-30-20-22-40(47-2)41(27-30)48-3)52-42(45)38-18-9-10-23-44(38)43(46)51-29-37-35-16-7-5-14-33(35)34-15-6-8-17-36(34)37/h4-8,11-17,20,22,27-28,37-39H,1,9-10,18-19,21,23-26,29H2,2-3H3/t38-,39-/m0/s1. The lowest BCUT2D eigenvalue weighted by atomic mass is 9.98. The van der Waals surface area contributed by atoms with Crippen molar-refractivity contribution < 1.29 is 38.0 Å². The molecule has 1 heterocycles. The molecule has 0 aromatic heterocycles. The molecular weight excluding hydrogens is 658 g/mol. The average Bonchev–Trinajstić information content (AvgIpc) is 3.51. The molecule has 1 aliphatic carbocycles. The van der Waals surface area contributed by atoms with E-state index in [0.29, 0.717) is 62.9 Å². The van der Waals surface area contributed by atoms with Crippen molar-refractivity contribution in [3.63, 3.8) is 0 Å². The number of carbonyl (C=O) groups is 2. The first-order valence-electron chi connectivity index (χ1n) is 17.9. The molecule has 0 radical (unpaired) electrons. The number of fused-ring (bicyclic) bond motifs is 3. The van der Waals surface area contributed by atoms with Crippen LogP contribution in [0.5, 0.6) is 17.2 Å². The zero-order valence-electron chi connectivity index (χ0n) is 30.0. The molecule has 272 valence electrons. The number of ether oxygens (including phenoxy) is 6. The van der Waals surface area contributed by atoms with Gasteiger partial charge in [0.05, 0.1) is 27.4 Å². The molecule has 6 rings (SSSR count). The van der Waals surface area contributed by atoms with Gasteiger partial charge in [-0.25, -0.2) is 9.59 Å². The number of hydrogen-bond donors (Lipinski definition) is 0. The first-order chi connectivity index (χ1) is 25.5. The van der Waals surface area contributed by atoms with Crippen LogP contribution in [0.15, 0.2) is 104 Å². The van der Waals surface area contributed by atoms with Crippen molar-refractivity contribution in [2.75, 3.05) is 47.2 Å². The third-order valence-electron chi connectivity index (χ3n) is 9.71. The molecule has 9 heteroatoms. The fourth-order valence-corrected chi connectivity index (χ4v) is 7.11. The van der Waals surface area contributed by atoms with E-state index in [2.05, 4.69) is 30.8 Å². The highest BCUT2D eigenvalue weighted by molar-refractivity contribution is 5.82. The molecule has 1 fully saturated rings. The molecule has 1 amide bonds. The van der Waals surface area contributed by atoms with Gasteiger partial charge in [0.25, 0.3) is 0 Å². The van der Waals surface area contributed by atoms with Gasteiger partial charge in [-0.1, -0.05) is 72.8 Å². The third kappa shape index (κ3) is 8.60. The summed E-state index contributed by atoms with van der Waals surface area (Å²) in [6.07, 6.45) is 3.77. The number of hydrogen-bond acceptors (Lipinski definition) is 8. The summed E-state index contributed by atoms with van der Waals surface area (Å²) in [5.74, 6) is 1.39. The fourth-order valence-electron chi connectivity index (χ4n) is 7.11. The van der Waals surface area contributed by atoms with E-state index in [1.54, 1.807) is 25.2 Å². The van der Waals surface area contributed by atoms with Gasteiger partial charge >= 0.3 is 12.1 Å². The van der Waals surface area contributed by atoms with Crippen LogP contribution in [0.25, 0.3) is 11.1 Å². The number of likely N-dealkylation sites (tertiary alicyclic amines) is 1. The number of methoxy groups -OCH3 is 2. The zero-order chi connectivity index (χ0) is 36.3. The summed E-state index contributed by atoms with van der Waals surface area (Å²) in [5.41, 5.74) is 6.39. The lowest BCUT2D eigenvalue weighted by Gasteiger charge is -2.34. The normalized spacial score (nSPS) is 15.6. The minimum atomic E-state index is -0.755. The third-order valence-corrected chi connectivity index (χ3v) is 9.71. The van der Waals surface area contributed by atoms with Gasteiger partial charge in [-0.2, -0.15) is 0 Å². The van der Waals surface area contributed by atoms with E-state index in [0.717, 1.165) is 46.2 Å². The van der Waals surface area contributed by atoms with Crippen LogP contribution in [0.4, 0.5) is 4.79 Å². The first kappa shape index (κ1) is 36.5. The SMILES string of the molecule is C=CCOCCOc1cccc([C@H](CCc2ccc(OC)c(OC)c2)OC(=O)[C@@H]2CCCCN2C(=O)OCC2c3ccccc3-c3ccccc32)c1. The molecule has 0 N–H and O–H groups in total. The highest BCUT2D eigenvalue weighted by Gasteiger charge is 2.37. The Morgan fingerprint density at radius 1 is 0.865 bits per heavy atom. The van der Waals surface area contributed by atoms with E-state index in [4.69, 9.17) is 28.4 Å². The molecule has 52 heavy (non-hydrogen) atoms. The summed E-state index contributed by atoms with van der Waals surface area (Å²) in [7, 11) is 3.21. The Bertz CT molecular complexity index is 1790. The van der Waals surface area contributed by atoms with Crippen LogP contribution < -0.4 is 14.2 Å². The quantitative estimate of drug-likeness (QED) is 0.0653. The smallest absolute Gasteiger partial charge is 0.410 e. The van der Waals surface area contributed by atoms with Crippen molar-refractivity contribution in [3.8, 4) is 28.4 Å². The van der Waals surface area contributed by atoms with Crippen LogP contribution in [0.1, 0.15) is 60.0 Å². The van der Waals surface area contributed by atoms with E-state index in [9.17, 15) is 9.59 Å². The molecule has 4 aromatic carbocycles. The molecule has 4 aromatic rings. The summed E-state index contributed by atoms with van der Waals surface area (Å²) in [4.78, 5) is 29.3. The van der Waals surface area contributed by atoms with Gasteiger partial charge in [0.2, 0.25) is 0 Å². The Labute approximate surface area is 306 Å². The van der Waals surface area contributed by atoms with Gasteiger partial charge in [0, 0.05) is 12.5 Å². The number of piperidine rings is 1. The Hall–Kier alpha value is -5.28. The maximum Gasteiger partial charge on any atom is 0.410 e. The first-order valence-corrected chi connectivity index (χ1v) is 17.9. The number of aryl methyl sites for hydroxylation is 1. The second-order valence-electron chi connectivity index (χ2n) is 12.9. The van der Waals surface area contributed by atoms with E-state index in [1.165, 1.54) is 0 Å². The molecule has 9 nitrogen and oxygen atoms in total. The zero-order valence-corrected chi connectivity index (χ0v) is 30.0. The van der Waals surface area contributed by atoms with Crippen LogP contribution in [0.2, 0.25) is 0 Å². The Morgan fingerprint density at radius 2 is 1.62 bits per heavy atom. The Morgan fingerprint density at radius 3 is 2.35 bits per heavy atom. The van der Waals surface area contributed by atoms with E-state index in [1.807, 2.05) is 66.7 Å². The molecular formula is C43H47NO8. The van der Waals surface area contributed by atoms with Crippen LogP contribution in [-0.2, 0) is 25.4 Å². The Kier molecular flexibility index (Phi) is 12.5. The van der Waals surface area contributed by atoms with Gasteiger partial charge in [0.15, 0.2) is 11.5 Å². The molecule has 2 aliphatic rings. The molecule has 1 aliphatic heterocycles. The van der Waals surface area contributed by atoms with Gasteiger partial charge < -0.3 is 28.4 Å². The van der Waals surface area contributed by atoms with E-state index < -0.39 is 24.2 Å². The van der Waals surface area contributed by atoms with Crippen LogP contribution in [-0.4, -0.2) is 70.2 Å². The van der Waals surface area contributed by atoms with Crippen molar-refractivity contribution in [1.82, 2.24) is 4.90 Å². The summed E-state index contributed by atoms with van der Waals surface area (Å²) in [5, 5.41) is 0. The second kappa shape index (κ2) is 17.8. The Balaban J connectivity index is 1.16. The molecule has 0 spiro atoms. The highest BCUT2D eigenvalue weighted by Crippen LogP contribution is 2.44. The van der Waals surface area contributed by atoms with Crippen molar-refractivity contribution in [3.05, 3.63) is 126 Å². The van der Waals surface area contributed by atoms with Gasteiger partial charge in [0.1, 0.15) is 31.1 Å². The van der Waals surface area contributed by atoms with Crippen molar-refractivity contribution in [2.24, 2.45) is 0 Å². The predicted molar refractivity (Wildman–Crippen MR) is 199 cm³/mol. The van der Waals surface area contributed by atoms with Gasteiger partial charge in [-0.3, -0.25) is 4.90 Å². The maximum atomic E-state index is 14.1. The fraction of sp³-hybridized carbons (Fsp3) is 0.349. The number of rotatable bonds is 16. The van der Waals surface area contributed by atoms with Crippen molar-refractivity contribution in [2.45, 2.75) is 50.2 Å². The molecule has 0 bridgehead atoms. The van der Waals surface area contributed by atoms with Crippen LogP contribution in [0.3, 0.4) is 0 Å². The predicted octanol–water partition coefficient (Wildman–Crippen LogP) is 8.31. The monoisotopic (exact) mass is 705 g/mol. The minimum Gasteiger partial charge on any atom is -0.493 e. The molecule has 0 saturated carbocycles. The van der Waals surface area contributed by atoms with Gasteiger partial charge in [-0.15, -0.1) is 6.58 Å². The summed E-state index contributed by atoms with van der Waals surface area (Å²) >= 11 is 0. The van der Waals surface area contributed by atoms with E-state index >= 15 is 0 Å². The lowest BCUT2D eigenvalue weighted by Crippen LogP contribution is -2.49. The van der Waals surface area contributed by atoms with Gasteiger partial charge in [-0.05, 0) is 89.8 Å². The van der Waals surface area contributed by atoms with Crippen LogP contribution >= 0.6 is 0 Å². The van der Waals surface area contributed by atoms with Crippen LogP contribution in [0, 0.1) is 0 Å². The largest absolute Gasteiger partial charge is 0.493 e. The average molecular weight is 706 g/mol. The number of carbonyl (C=O) groups excluding carboxylic acids is 2. The minimum absolute atomic E-state index is 0.0736. The molecule has 2 atom stereocenters. The number of nitrogens with zero attached hydrogens (tertiary/aromatic N) is 1.